The minimum atomic E-state index is 0.604. The van der Waals surface area contributed by atoms with Gasteiger partial charge in [0.25, 0.3) is 0 Å². The molecule has 1 aromatic rings. The van der Waals surface area contributed by atoms with Crippen molar-refractivity contribution >= 4 is 18.2 Å². The number of hydrogen-bond acceptors (Lipinski definition) is 3. The van der Waals surface area contributed by atoms with E-state index in [-0.39, 0.29) is 0 Å². The molecule has 0 aromatic carbocycles. The Kier molecular flexibility index (Phi) is 3.41. The van der Waals surface area contributed by atoms with Gasteiger partial charge >= 0.3 is 0 Å². The number of hydrogen-bond donors (Lipinski definition) is 1. The molecule has 3 rings (SSSR count). The van der Waals surface area contributed by atoms with E-state index in [0.717, 1.165) is 17.3 Å². The number of aromatic nitrogens is 3. The Bertz CT molecular complexity index is 460. The average molecular weight is 266 g/mol. The minimum absolute atomic E-state index is 0.604. The number of H-pyrrole nitrogens is 1. The number of nitrogens with one attached hydrogen (secondary N) is 1. The molecule has 2 heterocycles. The van der Waals surface area contributed by atoms with Crippen molar-refractivity contribution in [3.8, 4) is 0 Å². The average Bonchev–Trinajstić information content (AvgIpc) is 3.17. The van der Waals surface area contributed by atoms with E-state index in [9.17, 15) is 0 Å². The lowest BCUT2D eigenvalue weighted by Crippen LogP contribution is -2.36. The summed E-state index contributed by atoms with van der Waals surface area (Å²) in [4.78, 5) is 2.50. The van der Waals surface area contributed by atoms with Gasteiger partial charge in [-0.1, -0.05) is 19.8 Å². The maximum Gasteiger partial charge on any atom is 0.226 e. The van der Waals surface area contributed by atoms with Gasteiger partial charge in [-0.15, -0.1) is 5.10 Å². The Balaban J connectivity index is 1.93. The first kappa shape index (κ1) is 12.2. The number of anilines is 1. The lowest BCUT2D eigenvalue weighted by atomic mass is 10.1. The quantitative estimate of drug-likeness (QED) is 0.852. The normalized spacial score (nSPS) is 25.2. The van der Waals surface area contributed by atoms with Gasteiger partial charge in [0.1, 0.15) is 0 Å². The van der Waals surface area contributed by atoms with Gasteiger partial charge in [-0.05, 0) is 44.3 Å². The summed E-state index contributed by atoms with van der Waals surface area (Å²) < 4.78 is 3.05. The zero-order valence-electron chi connectivity index (χ0n) is 11.1. The molecule has 2 aliphatic rings. The highest BCUT2D eigenvalue weighted by Crippen LogP contribution is 2.38. The molecule has 0 bridgehead atoms. The molecule has 1 aliphatic carbocycles. The SMILES string of the molecule is CCC1CCCCCN1c1n[nH]c(=S)n1C1CC1. The molecule has 1 aromatic heterocycles. The summed E-state index contributed by atoms with van der Waals surface area (Å²) in [5, 5.41) is 7.51. The monoisotopic (exact) mass is 266 g/mol. The van der Waals surface area contributed by atoms with Crippen molar-refractivity contribution in [3.63, 3.8) is 0 Å². The first-order valence-corrected chi connectivity index (χ1v) is 7.65. The number of aromatic amines is 1. The van der Waals surface area contributed by atoms with E-state index in [1.807, 2.05) is 0 Å². The van der Waals surface area contributed by atoms with Crippen molar-refractivity contribution in [2.75, 3.05) is 11.4 Å². The fourth-order valence-corrected chi connectivity index (χ4v) is 3.30. The van der Waals surface area contributed by atoms with Crippen molar-refractivity contribution in [1.29, 1.82) is 0 Å². The molecule has 100 valence electrons. The van der Waals surface area contributed by atoms with Crippen LogP contribution in [0.5, 0.6) is 0 Å². The molecule has 0 amide bonds. The maximum absolute atomic E-state index is 5.39. The van der Waals surface area contributed by atoms with Crippen LogP contribution in [-0.4, -0.2) is 27.4 Å². The summed E-state index contributed by atoms with van der Waals surface area (Å²) >= 11 is 5.39. The van der Waals surface area contributed by atoms with Crippen LogP contribution in [0.3, 0.4) is 0 Å². The van der Waals surface area contributed by atoms with Gasteiger partial charge in [-0.3, -0.25) is 4.57 Å². The van der Waals surface area contributed by atoms with E-state index >= 15 is 0 Å². The van der Waals surface area contributed by atoms with Crippen LogP contribution in [0.4, 0.5) is 5.95 Å². The summed E-state index contributed by atoms with van der Waals surface area (Å²) in [6.45, 7) is 3.41. The number of nitrogens with zero attached hydrogens (tertiary/aromatic N) is 3. The Morgan fingerprint density at radius 2 is 2.11 bits per heavy atom. The van der Waals surface area contributed by atoms with Crippen LogP contribution in [0.25, 0.3) is 0 Å². The maximum atomic E-state index is 5.39. The molecule has 1 N–H and O–H groups in total. The Morgan fingerprint density at radius 1 is 1.28 bits per heavy atom. The van der Waals surface area contributed by atoms with Crippen LogP contribution in [-0.2, 0) is 0 Å². The molecular weight excluding hydrogens is 244 g/mol. The number of rotatable bonds is 3. The van der Waals surface area contributed by atoms with Gasteiger partial charge in [0.05, 0.1) is 0 Å². The zero-order chi connectivity index (χ0) is 12.5. The van der Waals surface area contributed by atoms with Gasteiger partial charge in [0.2, 0.25) is 5.95 Å². The Morgan fingerprint density at radius 3 is 2.83 bits per heavy atom. The molecule has 1 aliphatic heterocycles. The van der Waals surface area contributed by atoms with Crippen molar-refractivity contribution in [2.45, 2.75) is 64.0 Å². The summed E-state index contributed by atoms with van der Waals surface area (Å²) in [5.74, 6) is 1.09. The van der Waals surface area contributed by atoms with E-state index < -0.39 is 0 Å². The van der Waals surface area contributed by atoms with Crippen molar-refractivity contribution in [1.82, 2.24) is 14.8 Å². The van der Waals surface area contributed by atoms with Crippen LogP contribution in [0.15, 0.2) is 0 Å². The molecule has 2 fully saturated rings. The van der Waals surface area contributed by atoms with E-state index in [2.05, 4.69) is 26.6 Å². The fraction of sp³-hybridized carbons (Fsp3) is 0.846. The van der Waals surface area contributed by atoms with Crippen LogP contribution in [0.1, 0.15) is 57.9 Å². The first-order valence-electron chi connectivity index (χ1n) is 7.24. The predicted molar refractivity (Wildman–Crippen MR) is 75.6 cm³/mol. The lowest BCUT2D eigenvalue weighted by Gasteiger charge is -2.30. The molecule has 0 spiro atoms. The molecule has 5 heteroatoms. The molecular formula is C13H22N4S. The third kappa shape index (κ3) is 2.20. The van der Waals surface area contributed by atoms with Crippen molar-refractivity contribution in [2.24, 2.45) is 0 Å². The summed E-state index contributed by atoms with van der Waals surface area (Å²) in [5.41, 5.74) is 0. The predicted octanol–water partition coefficient (Wildman–Crippen LogP) is 3.43. The summed E-state index contributed by atoms with van der Waals surface area (Å²) in [7, 11) is 0. The van der Waals surface area contributed by atoms with Crippen molar-refractivity contribution < 1.29 is 0 Å². The van der Waals surface area contributed by atoms with Crippen LogP contribution in [0.2, 0.25) is 0 Å². The van der Waals surface area contributed by atoms with Gasteiger partial charge in [-0.2, -0.15) is 0 Å². The highest BCUT2D eigenvalue weighted by atomic mass is 32.1. The van der Waals surface area contributed by atoms with Crippen molar-refractivity contribution in [3.05, 3.63) is 4.77 Å². The smallest absolute Gasteiger partial charge is 0.226 e. The van der Waals surface area contributed by atoms with Crippen LogP contribution in [0, 0.1) is 4.77 Å². The second-order valence-corrected chi connectivity index (χ2v) is 5.92. The van der Waals surface area contributed by atoms with Gasteiger partial charge in [0, 0.05) is 18.6 Å². The second kappa shape index (κ2) is 5.03. The summed E-state index contributed by atoms with van der Waals surface area (Å²) in [6.07, 6.45) is 8.98. The van der Waals surface area contributed by atoms with Gasteiger partial charge in [0.15, 0.2) is 4.77 Å². The van der Waals surface area contributed by atoms with Crippen LogP contribution < -0.4 is 4.90 Å². The van der Waals surface area contributed by atoms with E-state index in [0.29, 0.717) is 12.1 Å². The molecule has 18 heavy (non-hydrogen) atoms. The first-order chi connectivity index (χ1) is 8.81. The molecule has 1 atom stereocenters. The Labute approximate surface area is 113 Å². The Hall–Kier alpha value is -0.840. The fourth-order valence-electron chi connectivity index (χ4n) is 3.03. The largest absolute Gasteiger partial charge is 0.338 e. The van der Waals surface area contributed by atoms with Crippen LogP contribution >= 0.6 is 12.2 Å². The van der Waals surface area contributed by atoms with Gasteiger partial charge in [-0.25, -0.2) is 5.10 Å². The minimum Gasteiger partial charge on any atom is -0.338 e. The zero-order valence-corrected chi connectivity index (χ0v) is 11.9. The lowest BCUT2D eigenvalue weighted by molar-refractivity contribution is 0.535. The second-order valence-electron chi connectivity index (χ2n) is 5.53. The molecule has 1 saturated heterocycles. The third-order valence-electron chi connectivity index (χ3n) is 4.20. The highest BCUT2D eigenvalue weighted by Gasteiger charge is 2.31. The molecule has 4 nitrogen and oxygen atoms in total. The standard InChI is InChI=1S/C13H22N4S/c1-2-10-6-4-3-5-9-16(10)12-14-15-13(18)17(12)11-7-8-11/h10-11H,2-9H2,1H3,(H,15,18). The van der Waals surface area contributed by atoms with E-state index in [1.54, 1.807) is 0 Å². The highest BCUT2D eigenvalue weighted by molar-refractivity contribution is 7.71. The third-order valence-corrected chi connectivity index (χ3v) is 4.49. The molecule has 1 unspecified atom stereocenters. The molecule has 1 saturated carbocycles. The summed E-state index contributed by atoms with van der Waals surface area (Å²) in [6, 6.07) is 1.24. The molecule has 0 radical (unpaired) electrons. The van der Waals surface area contributed by atoms with E-state index in [4.69, 9.17) is 12.2 Å². The van der Waals surface area contributed by atoms with E-state index in [1.165, 1.54) is 44.9 Å². The van der Waals surface area contributed by atoms with Gasteiger partial charge < -0.3 is 4.90 Å². The topological polar surface area (TPSA) is 36.9 Å².